The Balaban J connectivity index is 1.55. The molecule has 2 heterocycles. The number of carbonyl (C=O) groups excluding carboxylic acids is 1. The number of amides is 1. The molecule has 0 aromatic carbocycles. The molecule has 1 saturated carbocycles. The quantitative estimate of drug-likeness (QED) is 0.843. The minimum absolute atomic E-state index is 0.0515. The van der Waals surface area contributed by atoms with E-state index in [1.807, 2.05) is 4.68 Å². The van der Waals surface area contributed by atoms with Gasteiger partial charge in [-0.05, 0) is 18.9 Å². The lowest BCUT2D eigenvalue weighted by molar-refractivity contribution is 0.0690. The van der Waals surface area contributed by atoms with E-state index >= 15 is 0 Å². The van der Waals surface area contributed by atoms with Gasteiger partial charge in [0.2, 0.25) is 0 Å². The maximum atomic E-state index is 12.3. The average molecular weight is 334 g/mol. The Bertz CT molecular complexity index is 703. The van der Waals surface area contributed by atoms with Gasteiger partial charge in [0, 0.05) is 24.5 Å². The monoisotopic (exact) mass is 334 g/mol. The van der Waals surface area contributed by atoms with Crippen LogP contribution in [0.1, 0.15) is 57.7 Å². The van der Waals surface area contributed by atoms with Crippen molar-refractivity contribution in [3.8, 4) is 0 Å². The summed E-state index contributed by atoms with van der Waals surface area (Å²) >= 11 is 1.29. The van der Waals surface area contributed by atoms with Gasteiger partial charge >= 0.3 is 5.97 Å². The lowest BCUT2D eigenvalue weighted by atomic mass is 10.2. The molecular weight excluding hydrogens is 316 g/mol. The van der Waals surface area contributed by atoms with Crippen LogP contribution in [0.15, 0.2) is 17.6 Å². The largest absolute Gasteiger partial charge is 0.476 e. The third-order valence-electron chi connectivity index (χ3n) is 3.97. The van der Waals surface area contributed by atoms with Crippen LogP contribution in [-0.4, -0.2) is 38.3 Å². The molecule has 0 spiro atoms. The van der Waals surface area contributed by atoms with E-state index in [9.17, 15) is 9.59 Å². The molecule has 2 aromatic heterocycles. The second-order valence-electron chi connectivity index (χ2n) is 5.54. The lowest BCUT2D eigenvalue weighted by Crippen LogP contribution is -2.29. The summed E-state index contributed by atoms with van der Waals surface area (Å²) in [5.41, 5.74) is 0.637. The molecule has 8 heteroatoms. The summed E-state index contributed by atoms with van der Waals surface area (Å²) in [7, 11) is 0. The second-order valence-corrected chi connectivity index (χ2v) is 6.48. The molecule has 1 amide bonds. The Labute approximate surface area is 137 Å². The normalized spacial score (nSPS) is 15.0. The van der Waals surface area contributed by atoms with Crippen molar-refractivity contribution < 1.29 is 14.7 Å². The molecule has 0 saturated heterocycles. The van der Waals surface area contributed by atoms with Crippen molar-refractivity contribution in [1.82, 2.24) is 20.1 Å². The summed E-state index contributed by atoms with van der Waals surface area (Å²) in [6.45, 7) is 0.418. The van der Waals surface area contributed by atoms with Crippen LogP contribution >= 0.6 is 11.3 Å². The SMILES string of the molecule is O=C(O)c1csc(CCNC(=O)c2ccnn2C2CCCC2)n1. The van der Waals surface area contributed by atoms with E-state index in [4.69, 9.17) is 5.11 Å². The van der Waals surface area contributed by atoms with Gasteiger partial charge in [0.05, 0.1) is 11.0 Å². The summed E-state index contributed by atoms with van der Waals surface area (Å²) in [5.74, 6) is -1.18. The fraction of sp³-hybridized carbons (Fsp3) is 0.467. The number of rotatable bonds is 6. The molecular formula is C15H18N4O3S. The Morgan fingerprint density at radius 1 is 1.39 bits per heavy atom. The van der Waals surface area contributed by atoms with Crippen molar-refractivity contribution in [2.75, 3.05) is 6.54 Å². The van der Waals surface area contributed by atoms with Crippen LogP contribution in [0.4, 0.5) is 0 Å². The van der Waals surface area contributed by atoms with Crippen molar-refractivity contribution in [1.29, 1.82) is 0 Å². The highest BCUT2D eigenvalue weighted by molar-refractivity contribution is 7.09. The fourth-order valence-corrected chi connectivity index (χ4v) is 3.60. The zero-order valence-electron chi connectivity index (χ0n) is 12.6. The maximum Gasteiger partial charge on any atom is 0.355 e. The van der Waals surface area contributed by atoms with Gasteiger partial charge in [-0.1, -0.05) is 12.8 Å². The topological polar surface area (TPSA) is 97.1 Å². The van der Waals surface area contributed by atoms with E-state index < -0.39 is 5.97 Å². The summed E-state index contributed by atoms with van der Waals surface area (Å²) in [6, 6.07) is 2.06. The molecule has 3 rings (SSSR count). The number of carboxylic acid groups (broad SMARTS) is 1. The van der Waals surface area contributed by atoms with E-state index in [0.29, 0.717) is 29.7 Å². The third-order valence-corrected chi connectivity index (χ3v) is 4.88. The summed E-state index contributed by atoms with van der Waals surface area (Å²) in [6.07, 6.45) is 6.68. The Morgan fingerprint density at radius 2 is 2.17 bits per heavy atom. The third kappa shape index (κ3) is 3.58. The highest BCUT2D eigenvalue weighted by Gasteiger charge is 2.22. The zero-order chi connectivity index (χ0) is 16.2. The van der Waals surface area contributed by atoms with Gasteiger partial charge in [-0.2, -0.15) is 5.10 Å². The molecule has 2 N–H and O–H groups in total. The minimum Gasteiger partial charge on any atom is -0.476 e. The highest BCUT2D eigenvalue weighted by atomic mass is 32.1. The second kappa shape index (κ2) is 6.91. The first kappa shape index (κ1) is 15.7. The Hall–Kier alpha value is -2.22. The van der Waals surface area contributed by atoms with Crippen LogP contribution in [0.3, 0.4) is 0 Å². The van der Waals surface area contributed by atoms with Crippen molar-refractivity contribution in [2.45, 2.75) is 38.1 Å². The number of hydrogen-bond donors (Lipinski definition) is 2. The zero-order valence-corrected chi connectivity index (χ0v) is 13.4. The van der Waals surface area contributed by atoms with E-state index in [1.165, 1.54) is 29.6 Å². The smallest absolute Gasteiger partial charge is 0.355 e. The Morgan fingerprint density at radius 3 is 2.87 bits per heavy atom. The maximum absolute atomic E-state index is 12.3. The molecule has 1 aliphatic carbocycles. The average Bonchev–Trinajstić information content (AvgIpc) is 3.27. The molecule has 23 heavy (non-hydrogen) atoms. The van der Waals surface area contributed by atoms with Gasteiger partial charge in [0.15, 0.2) is 5.69 Å². The number of nitrogens with zero attached hydrogens (tertiary/aromatic N) is 3. The first-order chi connectivity index (χ1) is 11.1. The molecule has 1 fully saturated rings. The van der Waals surface area contributed by atoms with Gasteiger partial charge in [0.1, 0.15) is 5.69 Å². The summed E-state index contributed by atoms with van der Waals surface area (Å²) in [4.78, 5) is 27.1. The standard InChI is InChI=1S/C15H18N4O3S/c20-14(12-5-8-17-19(12)10-3-1-2-4-10)16-7-6-13-18-11(9-23-13)15(21)22/h5,8-10H,1-4,6-7H2,(H,16,20)(H,21,22). The molecule has 0 radical (unpaired) electrons. The molecule has 122 valence electrons. The number of aromatic carboxylic acids is 1. The van der Waals surface area contributed by atoms with Crippen LogP contribution in [0.2, 0.25) is 0 Å². The van der Waals surface area contributed by atoms with Crippen molar-refractivity contribution in [3.63, 3.8) is 0 Å². The van der Waals surface area contributed by atoms with Crippen LogP contribution in [0, 0.1) is 0 Å². The minimum atomic E-state index is -1.03. The van der Waals surface area contributed by atoms with Crippen molar-refractivity contribution in [2.24, 2.45) is 0 Å². The molecule has 0 aliphatic heterocycles. The molecule has 1 aliphatic rings. The number of carbonyl (C=O) groups is 2. The number of nitrogens with one attached hydrogen (secondary N) is 1. The van der Waals surface area contributed by atoms with Gasteiger partial charge in [0.25, 0.3) is 5.91 Å². The number of carboxylic acids is 1. The first-order valence-corrected chi connectivity index (χ1v) is 8.52. The van der Waals surface area contributed by atoms with E-state index in [0.717, 1.165) is 12.8 Å². The number of thiazole rings is 1. The van der Waals surface area contributed by atoms with Crippen LogP contribution in [0.5, 0.6) is 0 Å². The molecule has 0 atom stereocenters. The van der Waals surface area contributed by atoms with Crippen molar-refractivity contribution >= 4 is 23.2 Å². The van der Waals surface area contributed by atoms with Gasteiger partial charge in [-0.15, -0.1) is 11.3 Å². The van der Waals surface area contributed by atoms with E-state index in [1.54, 1.807) is 12.3 Å². The summed E-state index contributed by atoms with van der Waals surface area (Å²) in [5, 5.41) is 18.2. The molecule has 2 aromatic rings. The predicted octanol–water partition coefficient (Wildman–Crippen LogP) is 2.13. The highest BCUT2D eigenvalue weighted by Crippen LogP contribution is 2.29. The van der Waals surface area contributed by atoms with Gasteiger partial charge in [-0.3, -0.25) is 9.48 Å². The fourth-order valence-electron chi connectivity index (χ4n) is 2.83. The predicted molar refractivity (Wildman–Crippen MR) is 84.8 cm³/mol. The van der Waals surface area contributed by atoms with Crippen LogP contribution in [-0.2, 0) is 6.42 Å². The van der Waals surface area contributed by atoms with E-state index in [-0.39, 0.29) is 11.6 Å². The number of hydrogen-bond acceptors (Lipinski definition) is 5. The Kier molecular flexibility index (Phi) is 4.71. The van der Waals surface area contributed by atoms with Crippen LogP contribution < -0.4 is 5.32 Å². The van der Waals surface area contributed by atoms with Crippen LogP contribution in [0.25, 0.3) is 0 Å². The van der Waals surface area contributed by atoms with Gasteiger partial charge in [-0.25, -0.2) is 9.78 Å². The van der Waals surface area contributed by atoms with E-state index in [2.05, 4.69) is 15.4 Å². The lowest BCUT2D eigenvalue weighted by Gasteiger charge is -2.13. The number of aromatic nitrogens is 3. The molecule has 0 unspecified atom stereocenters. The first-order valence-electron chi connectivity index (χ1n) is 7.64. The molecule has 7 nitrogen and oxygen atoms in total. The molecule has 0 bridgehead atoms. The van der Waals surface area contributed by atoms with Crippen molar-refractivity contribution in [3.05, 3.63) is 34.0 Å². The van der Waals surface area contributed by atoms with Gasteiger partial charge < -0.3 is 10.4 Å². The summed E-state index contributed by atoms with van der Waals surface area (Å²) < 4.78 is 1.83.